The Morgan fingerprint density at radius 1 is 0.333 bits per heavy atom. The van der Waals surface area contributed by atoms with E-state index in [1.165, 1.54) is 65.8 Å². The molecular weight excluding hydrogens is 436 g/mol. The number of hydrogen-bond acceptors (Lipinski definition) is 0. The van der Waals surface area contributed by atoms with Gasteiger partial charge < -0.3 is 9.13 Å². The first-order valence-electron chi connectivity index (χ1n) is 12.4. The van der Waals surface area contributed by atoms with Gasteiger partial charge in [0, 0.05) is 32.6 Å². The molecule has 0 aliphatic rings. The summed E-state index contributed by atoms with van der Waals surface area (Å²) in [5, 5.41) is 7.60. The molecule has 2 nitrogen and oxygen atoms in total. The van der Waals surface area contributed by atoms with Crippen molar-refractivity contribution in [3.63, 3.8) is 0 Å². The Kier molecular flexibility index (Phi) is 3.97. The monoisotopic (exact) mass is 458 g/mol. The van der Waals surface area contributed by atoms with Gasteiger partial charge in [-0.05, 0) is 41.8 Å². The van der Waals surface area contributed by atoms with Gasteiger partial charge in [-0.25, -0.2) is 0 Å². The number of benzene rings is 6. The lowest BCUT2D eigenvalue weighted by atomic mass is 10.1. The van der Waals surface area contributed by atoms with Gasteiger partial charge in [-0.15, -0.1) is 0 Å². The van der Waals surface area contributed by atoms with Crippen LogP contribution in [0.5, 0.6) is 0 Å². The van der Waals surface area contributed by atoms with Crippen molar-refractivity contribution in [2.24, 2.45) is 0 Å². The van der Waals surface area contributed by atoms with Gasteiger partial charge in [0.1, 0.15) is 0 Å². The third-order valence-corrected chi connectivity index (χ3v) is 7.50. The summed E-state index contributed by atoms with van der Waals surface area (Å²) in [5.74, 6) is 0. The molecular formula is C34H22N2. The van der Waals surface area contributed by atoms with Gasteiger partial charge in [-0.3, -0.25) is 0 Å². The lowest BCUT2D eigenvalue weighted by molar-refractivity contribution is 1.16. The van der Waals surface area contributed by atoms with Crippen LogP contribution in [-0.4, -0.2) is 9.13 Å². The standard InChI is InChI=1S/C34H22N2/c1-2-12-25-23(10-1)11-9-19-30(25)36-33-18-8-5-15-28(33)29-21-20-24(22-34(29)36)35-31-16-6-3-13-26(31)27-14-4-7-17-32(27)35/h1-22H. The van der Waals surface area contributed by atoms with Crippen LogP contribution in [0.2, 0.25) is 0 Å². The molecule has 0 N–H and O–H groups in total. The second kappa shape index (κ2) is 7.34. The third kappa shape index (κ3) is 2.61. The van der Waals surface area contributed by atoms with Gasteiger partial charge in [-0.2, -0.15) is 0 Å². The minimum absolute atomic E-state index is 1.17. The smallest absolute Gasteiger partial charge is 0.0562 e. The first-order chi connectivity index (χ1) is 17.9. The summed E-state index contributed by atoms with van der Waals surface area (Å²) in [4.78, 5) is 0. The Labute approximate surface area is 208 Å². The average molecular weight is 459 g/mol. The number of para-hydroxylation sites is 3. The van der Waals surface area contributed by atoms with Crippen molar-refractivity contribution in [1.29, 1.82) is 0 Å². The van der Waals surface area contributed by atoms with E-state index >= 15 is 0 Å². The maximum atomic E-state index is 2.43. The Morgan fingerprint density at radius 3 is 1.50 bits per heavy atom. The summed E-state index contributed by atoms with van der Waals surface area (Å²) in [6.45, 7) is 0. The molecule has 0 saturated heterocycles. The minimum atomic E-state index is 1.17. The van der Waals surface area contributed by atoms with Crippen molar-refractivity contribution >= 4 is 54.4 Å². The van der Waals surface area contributed by atoms with Gasteiger partial charge in [0.05, 0.1) is 27.8 Å². The Bertz CT molecular complexity index is 2050. The first kappa shape index (κ1) is 19.5. The molecule has 2 heteroatoms. The van der Waals surface area contributed by atoms with E-state index in [1.54, 1.807) is 0 Å². The number of aromatic nitrogens is 2. The largest absolute Gasteiger partial charge is 0.309 e. The highest BCUT2D eigenvalue weighted by Crippen LogP contribution is 2.37. The van der Waals surface area contributed by atoms with Crippen LogP contribution in [-0.2, 0) is 0 Å². The molecule has 0 aliphatic heterocycles. The second-order valence-corrected chi connectivity index (χ2v) is 9.42. The van der Waals surface area contributed by atoms with Crippen LogP contribution in [0.1, 0.15) is 0 Å². The van der Waals surface area contributed by atoms with Gasteiger partial charge in [0.15, 0.2) is 0 Å². The van der Waals surface area contributed by atoms with Crippen molar-refractivity contribution in [1.82, 2.24) is 9.13 Å². The lowest BCUT2D eigenvalue weighted by Gasteiger charge is -2.13. The van der Waals surface area contributed by atoms with Crippen LogP contribution in [0, 0.1) is 0 Å². The van der Waals surface area contributed by atoms with Gasteiger partial charge in [-0.1, -0.05) is 97.1 Å². The SMILES string of the molecule is c1ccc2c(-n3c4ccccc4c4ccc(-n5c6ccccc6c6ccccc65)cc43)cccc2c1. The highest BCUT2D eigenvalue weighted by Gasteiger charge is 2.17. The van der Waals surface area contributed by atoms with Crippen molar-refractivity contribution in [3.05, 3.63) is 133 Å². The zero-order chi connectivity index (χ0) is 23.6. The van der Waals surface area contributed by atoms with Gasteiger partial charge in [0.2, 0.25) is 0 Å². The summed E-state index contributed by atoms with van der Waals surface area (Å²) < 4.78 is 4.83. The molecule has 0 fully saturated rings. The summed E-state index contributed by atoms with van der Waals surface area (Å²) in [7, 11) is 0. The van der Waals surface area contributed by atoms with Crippen LogP contribution < -0.4 is 0 Å². The maximum Gasteiger partial charge on any atom is 0.0562 e. The molecule has 36 heavy (non-hydrogen) atoms. The fourth-order valence-corrected chi connectivity index (χ4v) is 5.96. The molecule has 0 unspecified atom stereocenters. The molecule has 0 radical (unpaired) electrons. The van der Waals surface area contributed by atoms with Crippen LogP contribution in [0.3, 0.4) is 0 Å². The molecule has 0 saturated carbocycles. The summed E-state index contributed by atoms with van der Waals surface area (Å²) in [6, 6.07) is 48.3. The number of nitrogens with zero attached hydrogens (tertiary/aromatic N) is 2. The number of fused-ring (bicyclic) bond motifs is 7. The fourth-order valence-electron chi connectivity index (χ4n) is 5.96. The summed E-state index contributed by atoms with van der Waals surface area (Å²) >= 11 is 0. The Balaban J connectivity index is 1.52. The molecule has 168 valence electrons. The Hall–Kier alpha value is -4.82. The van der Waals surface area contributed by atoms with E-state index in [-0.39, 0.29) is 0 Å². The van der Waals surface area contributed by atoms with Gasteiger partial charge in [0.25, 0.3) is 0 Å². The lowest BCUT2D eigenvalue weighted by Crippen LogP contribution is -1.97. The van der Waals surface area contributed by atoms with Crippen molar-refractivity contribution < 1.29 is 0 Å². The molecule has 0 bridgehead atoms. The van der Waals surface area contributed by atoms with Crippen LogP contribution in [0.25, 0.3) is 65.8 Å². The fraction of sp³-hybridized carbons (Fsp3) is 0. The summed E-state index contributed by atoms with van der Waals surface area (Å²) in [5.41, 5.74) is 7.27. The van der Waals surface area contributed by atoms with Crippen molar-refractivity contribution in [2.45, 2.75) is 0 Å². The number of hydrogen-bond donors (Lipinski definition) is 0. The van der Waals surface area contributed by atoms with Crippen molar-refractivity contribution in [3.8, 4) is 11.4 Å². The normalized spacial score (nSPS) is 11.9. The predicted molar refractivity (Wildman–Crippen MR) is 153 cm³/mol. The molecule has 8 rings (SSSR count). The zero-order valence-electron chi connectivity index (χ0n) is 19.6. The zero-order valence-corrected chi connectivity index (χ0v) is 19.6. The first-order valence-corrected chi connectivity index (χ1v) is 12.4. The third-order valence-electron chi connectivity index (χ3n) is 7.50. The van der Waals surface area contributed by atoms with Crippen molar-refractivity contribution in [2.75, 3.05) is 0 Å². The van der Waals surface area contributed by atoms with Crippen LogP contribution >= 0.6 is 0 Å². The predicted octanol–water partition coefficient (Wildman–Crippen LogP) is 9.03. The second-order valence-electron chi connectivity index (χ2n) is 9.42. The highest BCUT2D eigenvalue weighted by atomic mass is 15.0. The van der Waals surface area contributed by atoms with Gasteiger partial charge >= 0.3 is 0 Å². The minimum Gasteiger partial charge on any atom is -0.309 e. The van der Waals surface area contributed by atoms with E-state index in [0.717, 1.165) is 0 Å². The van der Waals surface area contributed by atoms with E-state index in [0.29, 0.717) is 0 Å². The quantitative estimate of drug-likeness (QED) is 0.244. The molecule has 8 aromatic rings. The van der Waals surface area contributed by atoms with E-state index in [1.807, 2.05) is 0 Å². The Morgan fingerprint density at radius 2 is 0.833 bits per heavy atom. The maximum absolute atomic E-state index is 2.43. The topological polar surface area (TPSA) is 9.86 Å². The molecule has 0 amide bonds. The molecule has 2 aromatic heterocycles. The molecule has 0 spiro atoms. The number of rotatable bonds is 2. The molecule has 6 aromatic carbocycles. The molecule has 0 atom stereocenters. The van der Waals surface area contributed by atoms with E-state index in [2.05, 4.69) is 143 Å². The summed E-state index contributed by atoms with van der Waals surface area (Å²) in [6.07, 6.45) is 0. The molecule has 0 aliphatic carbocycles. The van der Waals surface area contributed by atoms with Crippen LogP contribution in [0.4, 0.5) is 0 Å². The van der Waals surface area contributed by atoms with E-state index < -0.39 is 0 Å². The molecule has 2 heterocycles. The average Bonchev–Trinajstić information content (AvgIpc) is 3.45. The van der Waals surface area contributed by atoms with E-state index in [9.17, 15) is 0 Å². The highest BCUT2D eigenvalue weighted by molar-refractivity contribution is 6.12. The van der Waals surface area contributed by atoms with E-state index in [4.69, 9.17) is 0 Å². The van der Waals surface area contributed by atoms with Crippen LogP contribution in [0.15, 0.2) is 133 Å².